The maximum Gasteiger partial charge on any atom is 0.244 e. The summed E-state index contributed by atoms with van der Waals surface area (Å²) in [6, 6.07) is 21.1. The van der Waals surface area contributed by atoms with Crippen LogP contribution in [0.4, 0.5) is 5.69 Å². The first-order chi connectivity index (χ1) is 19.0. The maximum atomic E-state index is 14.1. The number of carbonyl (C=O) groups is 2. The van der Waals surface area contributed by atoms with Gasteiger partial charge < -0.3 is 10.2 Å². The quantitative estimate of drug-likeness (QED) is 0.277. The molecule has 3 rings (SSSR count). The SMILES string of the molecule is CCCCNC(=O)[C@@H](Cc1ccccc1)N(Cc1ccc(Cl)cc1)C(=O)CN(c1ccc(C)cc1C)S(C)(=O)=O. The zero-order valence-corrected chi connectivity index (χ0v) is 25.1. The van der Waals surface area contributed by atoms with E-state index in [-0.39, 0.29) is 18.9 Å². The molecule has 0 fully saturated rings. The summed E-state index contributed by atoms with van der Waals surface area (Å²) in [5, 5.41) is 3.53. The summed E-state index contributed by atoms with van der Waals surface area (Å²) < 4.78 is 27.0. The fourth-order valence-corrected chi connectivity index (χ4v) is 5.56. The first-order valence-electron chi connectivity index (χ1n) is 13.4. The van der Waals surface area contributed by atoms with E-state index in [1.807, 2.05) is 63.2 Å². The Hall–Kier alpha value is -3.36. The van der Waals surface area contributed by atoms with Crippen molar-refractivity contribution in [3.8, 4) is 0 Å². The van der Waals surface area contributed by atoms with E-state index < -0.39 is 28.5 Å². The maximum absolute atomic E-state index is 14.1. The van der Waals surface area contributed by atoms with Gasteiger partial charge >= 0.3 is 0 Å². The fourth-order valence-electron chi connectivity index (χ4n) is 4.53. The van der Waals surface area contributed by atoms with Crippen LogP contribution in [0.15, 0.2) is 72.8 Å². The molecule has 1 atom stereocenters. The molecule has 0 aliphatic heterocycles. The third-order valence-corrected chi connectivity index (χ3v) is 8.05. The average Bonchev–Trinajstić information content (AvgIpc) is 2.90. The number of nitrogens with one attached hydrogen (secondary N) is 1. The standard InChI is InChI=1S/C31H38ClN3O4S/c1-5-6-18-33-31(37)29(20-25-10-8-7-9-11-25)34(21-26-13-15-27(32)16-14-26)30(36)22-35(40(4,38)39)28-17-12-23(2)19-24(28)3/h7-17,19,29H,5-6,18,20-22H2,1-4H3,(H,33,37)/t29-/m1/s1. The molecule has 0 aromatic heterocycles. The highest BCUT2D eigenvalue weighted by Crippen LogP contribution is 2.25. The van der Waals surface area contributed by atoms with Gasteiger partial charge in [-0.1, -0.05) is 85.1 Å². The molecule has 7 nitrogen and oxygen atoms in total. The Labute approximate surface area is 243 Å². The van der Waals surface area contributed by atoms with Crippen molar-refractivity contribution < 1.29 is 18.0 Å². The van der Waals surface area contributed by atoms with Gasteiger partial charge in [0.1, 0.15) is 12.6 Å². The summed E-state index contributed by atoms with van der Waals surface area (Å²) in [7, 11) is -3.81. The van der Waals surface area contributed by atoms with E-state index in [2.05, 4.69) is 5.32 Å². The molecule has 3 aromatic carbocycles. The second kappa shape index (κ2) is 14.3. The normalized spacial score (nSPS) is 12.0. The molecular weight excluding hydrogens is 546 g/mol. The van der Waals surface area contributed by atoms with Crippen molar-refractivity contribution in [1.82, 2.24) is 10.2 Å². The van der Waals surface area contributed by atoms with Crippen LogP contribution in [0.25, 0.3) is 0 Å². The Bertz CT molecular complexity index is 1400. The van der Waals surface area contributed by atoms with Crippen LogP contribution in [-0.4, -0.2) is 50.5 Å². The van der Waals surface area contributed by atoms with E-state index in [4.69, 9.17) is 11.6 Å². The van der Waals surface area contributed by atoms with Crippen molar-refractivity contribution in [1.29, 1.82) is 0 Å². The Morgan fingerprint density at radius 3 is 2.23 bits per heavy atom. The molecule has 2 amide bonds. The number of anilines is 1. The molecule has 0 heterocycles. The number of halogens is 1. The van der Waals surface area contributed by atoms with Crippen LogP contribution in [0.2, 0.25) is 5.02 Å². The van der Waals surface area contributed by atoms with Gasteiger partial charge in [-0.05, 0) is 55.2 Å². The second-order valence-electron chi connectivity index (χ2n) is 10.1. The van der Waals surface area contributed by atoms with Crippen LogP contribution in [0.5, 0.6) is 0 Å². The largest absolute Gasteiger partial charge is 0.354 e. The van der Waals surface area contributed by atoms with Gasteiger partial charge in [-0.3, -0.25) is 13.9 Å². The summed E-state index contributed by atoms with van der Waals surface area (Å²) in [6.07, 6.45) is 3.09. The summed E-state index contributed by atoms with van der Waals surface area (Å²) >= 11 is 6.10. The lowest BCUT2D eigenvalue weighted by Crippen LogP contribution is -2.53. The molecule has 9 heteroatoms. The van der Waals surface area contributed by atoms with E-state index in [0.29, 0.717) is 17.3 Å². The molecule has 0 spiro atoms. The smallest absolute Gasteiger partial charge is 0.244 e. The lowest BCUT2D eigenvalue weighted by atomic mass is 10.0. The Balaban J connectivity index is 2.04. The topological polar surface area (TPSA) is 86.8 Å². The molecule has 0 aliphatic rings. The van der Waals surface area contributed by atoms with E-state index in [9.17, 15) is 18.0 Å². The number of rotatable bonds is 13. The van der Waals surface area contributed by atoms with E-state index in [1.54, 1.807) is 30.3 Å². The fraction of sp³-hybridized carbons (Fsp3) is 0.355. The number of carbonyl (C=O) groups excluding carboxylic acids is 2. The molecule has 0 radical (unpaired) electrons. The number of nitrogens with zero attached hydrogens (tertiary/aromatic N) is 2. The number of benzene rings is 3. The van der Waals surface area contributed by atoms with Crippen molar-refractivity contribution in [2.24, 2.45) is 0 Å². The van der Waals surface area contributed by atoms with Crippen LogP contribution in [0.3, 0.4) is 0 Å². The van der Waals surface area contributed by atoms with Crippen LogP contribution >= 0.6 is 11.6 Å². The number of sulfonamides is 1. The third-order valence-electron chi connectivity index (χ3n) is 6.67. The zero-order valence-electron chi connectivity index (χ0n) is 23.6. The summed E-state index contributed by atoms with van der Waals surface area (Å²) in [4.78, 5) is 29.2. The second-order valence-corrected chi connectivity index (χ2v) is 12.4. The molecule has 0 aliphatic carbocycles. The minimum absolute atomic E-state index is 0.110. The first-order valence-corrected chi connectivity index (χ1v) is 15.6. The summed E-state index contributed by atoms with van der Waals surface area (Å²) in [5.41, 5.74) is 3.81. The van der Waals surface area contributed by atoms with Gasteiger partial charge in [0.25, 0.3) is 0 Å². The van der Waals surface area contributed by atoms with Crippen LogP contribution in [-0.2, 0) is 32.6 Å². The van der Waals surface area contributed by atoms with Gasteiger partial charge in [0, 0.05) is 24.5 Å². The Morgan fingerprint density at radius 1 is 0.950 bits per heavy atom. The predicted octanol–water partition coefficient (Wildman–Crippen LogP) is 5.28. The van der Waals surface area contributed by atoms with E-state index in [1.165, 1.54) is 4.90 Å². The highest BCUT2D eigenvalue weighted by molar-refractivity contribution is 7.92. The third kappa shape index (κ3) is 8.83. The highest BCUT2D eigenvalue weighted by Gasteiger charge is 2.33. The van der Waals surface area contributed by atoms with Gasteiger partial charge in [0.05, 0.1) is 11.9 Å². The van der Waals surface area contributed by atoms with Crippen LogP contribution < -0.4 is 9.62 Å². The number of unbranched alkanes of at least 4 members (excludes halogenated alkanes) is 1. The van der Waals surface area contributed by atoms with E-state index in [0.717, 1.165) is 45.7 Å². The van der Waals surface area contributed by atoms with Gasteiger partial charge in [0.15, 0.2) is 0 Å². The first kappa shape index (κ1) is 31.2. The van der Waals surface area contributed by atoms with Crippen molar-refractivity contribution in [3.63, 3.8) is 0 Å². The van der Waals surface area contributed by atoms with E-state index >= 15 is 0 Å². The van der Waals surface area contributed by atoms with Gasteiger partial charge in [-0.25, -0.2) is 8.42 Å². The number of hydrogen-bond donors (Lipinski definition) is 1. The van der Waals surface area contributed by atoms with Crippen molar-refractivity contribution in [2.45, 2.75) is 52.6 Å². The van der Waals surface area contributed by atoms with Gasteiger partial charge in [-0.2, -0.15) is 0 Å². The molecule has 40 heavy (non-hydrogen) atoms. The van der Waals surface area contributed by atoms with Crippen molar-refractivity contribution in [3.05, 3.63) is 100 Å². The van der Waals surface area contributed by atoms with Gasteiger partial charge in [-0.15, -0.1) is 0 Å². The lowest BCUT2D eigenvalue weighted by molar-refractivity contribution is -0.140. The minimum atomic E-state index is -3.81. The Morgan fingerprint density at radius 2 is 1.62 bits per heavy atom. The van der Waals surface area contributed by atoms with Crippen molar-refractivity contribution in [2.75, 3.05) is 23.7 Å². The molecule has 0 unspecified atom stereocenters. The van der Waals surface area contributed by atoms with Crippen LogP contribution in [0, 0.1) is 13.8 Å². The molecule has 3 aromatic rings. The lowest BCUT2D eigenvalue weighted by Gasteiger charge is -2.34. The molecule has 0 saturated carbocycles. The molecule has 1 N–H and O–H groups in total. The highest BCUT2D eigenvalue weighted by atomic mass is 35.5. The summed E-state index contributed by atoms with van der Waals surface area (Å²) in [5.74, 6) is -0.760. The molecule has 214 valence electrons. The average molecular weight is 584 g/mol. The number of aryl methyl sites for hydroxylation is 2. The number of hydrogen-bond acceptors (Lipinski definition) is 4. The minimum Gasteiger partial charge on any atom is -0.354 e. The van der Waals surface area contributed by atoms with Crippen LogP contribution in [0.1, 0.15) is 42.0 Å². The summed E-state index contributed by atoms with van der Waals surface area (Å²) in [6.45, 7) is 5.93. The molecular formula is C31H38ClN3O4S. The Kier molecular flexibility index (Phi) is 11.2. The zero-order chi connectivity index (χ0) is 29.3. The number of amides is 2. The predicted molar refractivity (Wildman–Crippen MR) is 162 cm³/mol. The monoisotopic (exact) mass is 583 g/mol. The molecule has 0 saturated heterocycles. The molecule has 0 bridgehead atoms. The van der Waals surface area contributed by atoms with Gasteiger partial charge in [0.2, 0.25) is 21.8 Å². The van der Waals surface area contributed by atoms with Crippen molar-refractivity contribution >= 4 is 39.1 Å².